The molecule has 5 N–H and O–H groups in total. The number of carbonyl (C=O) groups is 3. The minimum atomic E-state index is -1.90. The van der Waals surface area contributed by atoms with Gasteiger partial charge in [-0.15, -0.1) is 11.3 Å². The van der Waals surface area contributed by atoms with Crippen LogP contribution in [-0.4, -0.2) is 83.7 Å². The van der Waals surface area contributed by atoms with Gasteiger partial charge in [0.2, 0.25) is 6.29 Å². The number of carboxylic acid groups (broad SMARTS) is 2. The zero-order chi connectivity index (χ0) is 30.4. The number of aryl methyl sites for hydroxylation is 1. The topological polar surface area (TPSA) is 189 Å². The maximum atomic E-state index is 12.7. The summed E-state index contributed by atoms with van der Waals surface area (Å²) in [7, 11) is 0. The maximum Gasteiger partial charge on any atom is 0.340 e. The van der Waals surface area contributed by atoms with E-state index in [1.807, 2.05) is 22.1 Å². The van der Waals surface area contributed by atoms with E-state index in [-0.39, 0.29) is 17.6 Å². The predicted octanol–water partition coefficient (Wildman–Crippen LogP) is 2.10. The molecule has 2 aromatic heterocycles. The van der Waals surface area contributed by atoms with Crippen molar-refractivity contribution in [1.82, 2.24) is 9.55 Å². The molecule has 0 bridgehead atoms. The largest absolute Gasteiger partial charge is 0.479 e. The van der Waals surface area contributed by atoms with Crippen molar-refractivity contribution in [2.75, 3.05) is 0 Å². The third-order valence-electron chi connectivity index (χ3n) is 6.83. The van der Waals surface area contributed by atoms with E-state index in [1.54, 1.807) is 24.4 Å². The number of carboxylic acids is 2. The SMILES string of the molecule is CCCCc1ncc(/C=C(\Cc2cccs2)C(=O)O)n1Cc1ccc(C(=O)O[C@@H]2O[C@H](C(=O)O)[C@@H](O)[C@H](O)[C@H]2O)cc1. The molecule has 1 fully saturated rings. The molecule has 13 heteroatoms. The summed E-state index contributed by atoms with van der Waals surface area (Å²) in [5.74, 6) is -2.75. The first-order chi connectivity index (χ1) is 20.1. The highest BCUT2D eigenvalue weighted by Crippen LogP contribution is 2.24. The van der Waals surface area contributed by atoms with Gasteiger partial charge in [-0.3, -0.25) is 0 Å². The molecule has 42 heavy (non-hydrogen) atoms. The lowest BCUT2D eigenvalue weighted by molar-refractivity contribution is -0.278. The molecule has 1 aromatic carbocycles. The van der Waals surface area contributed by atoms with Gasteiger partial charge in [0.15, 0.2) is 6.10 Å². The molecular weight excluding hydrogens is 568 g/mol. The van der Waals surface area contributed by atoms with Crippen LogP contribution in [0.1, 0.15) is 52.1 Å². The second-order valence-corrected chi connectivity index (χ2v) is 10.9. The molecule has 4 rings (SSSR count). The molecule has 1 saturated heterocycles. The number of esters is 1. The molecule has 1 aliphatic rings. The van der Waals surface area contributed by atoms with Gasteiger partial charge in [-0.05, 0) is 41.6 Å². The van der Waals surface area contributed by atoms with Gasteiger partial charge in [0, 0.05) is 29.8 Å². The average molecular weight is 601 g/mol. The Morgan fingerprint density at radius 2 is 1.81 bits per heavy atom. The lowest BCUT2D eigenvalue weighted by atomic mass is 9.99. The summed E-state index contributed by atoms with van der Waals surface area (Å²) in [6.45, 7) is 2.42. The number of nitrogens with zero attached hydrogens (tertiary/aromatic N) is 2. The zero-order valence-corrected chi connectivity index (χ0v) is 23.5. The van der Waals surface area contributed by atoms with Crippen molar-refractivity contribution in [3.8, 4) is 0 Å². The Hall–Kier alpha value is -3.88. The minimum absolute atomic E-state index is 0.0723. The number of rotatable bonds is 12. The summed E-state index contributed by atoms with van der Waals surface area (Å²) < 4.78 is 12.0. The molecule has 0 unspecified atom stereocenters. The average Bonchev–Trinajstić information content (AvgIpc) is 3.62. The third kappa shape index (κ3) is 7.30. The van der Waals surface area contributed by atoms with Crippen LogP contribution in [0.25, 0.3) is 6.08 Å². The Kier molecular flexibility index (Phi) is 10.2. The number of benzene rings is 1. The maximum absolute atomic E-state index is 12.7. The van der Waals surface area contributed by atoms with Gasteiger partial charge >= 0.3 is 17.9 Å². The van der Waals surface area contributed by atoms with Crippen molar-refractivity contribution < 1.29 is 49.4 Å². The number of aliphatic hydroxyl groups excluding tert-OH is 3. The van der Waals surface area contributed by atoms with Gasteiger partial charge in [0.25, 0.3) is 0 Å². The van der Waals surface area contributed by atoms with Crippen molar-refractivity contribution in [1.29, 1.82) is 0 Å². The quantitative estimate of drug-likeness (QED) is 0.151. The second-order valence-electron chi connectivity index (χ2n) is 9.86. The van der Waals surface area contributed by atoms with Gasteiger partial charge in [-0.2, -0.15) is 0 Å². The Bertz CT molecular complexity index is 1420. The molecule has 12 nitrogen and oxygen atoms in total. The van der Waals surface area contributed by atoms with Crippen molar-refractivity contribution in [3.05, 3.63) is 81.1 Å². The number of imidazole rings is 1. The Morgan fingerprint density at radius 3 is 2.43 bits per heavy atom. The van der Waals surface area contributed by atoms with E-state index >= 15 is 0 Å². The number of aliphatic hydroxyl groups is 3. The fraction of sp³-hybridized carbons (Fsp3) is 0.379. The Labute approximate surface area is 245 Å². The second kappa shape index (κ2) is 13.9. The van der Waals surface area contributed by atoms with E-state index in [0.29, 0.717) is 18.7 Å². The molecule has 3 heterocycles. The Balaban J connectivity index is 1.52. The lowest BCUT2D eigenvalue weighted by Crippen LogP contribution is -2.60. The van der Waals surface area contributed by atoms with E-state index in [2.05, 4.69) is 11.9 Å². The summed E-state index contributed by atoms with van der Waals surface area (Å²) in [5, 5.41) is 50.8. The summed E-state index contributed by atoms with van der Waals surface area (Å²) in [5.41, 5.74) is 1.72. The van der Waals surface area contributed by atoms with Crippen LogP contribution in [0.15, 0.2) is 53.5 Å². The summed E-state index contributed by atoms with van der Waals surface area (Å²) in [6, 6.07) is 10.1. The summed E-state index contributed by atoms with van der Waals surface area (Å²) in [4.78, 5) is 41.5. The number of ether oxygens (including phenoxy) is 2. The molecule has 5 atom stereocenters. The fourth-order valence-corrected chi connectivity index (χ4v) is 5.21. The van der Waals surface area contributed by atoms with Crippen LogP contribution >= 0.6 is 11.3 Å². The molecule has 0 aliphatic carbocycles. The van der Waals surface area contributed by atoms with Crippen molar-refractivity contribution in [2.45, 2.75) is 69.9 Å². The third-order valence-corrected chi connectivity index (χ3v) is 7.71. The summed E-state index contributed by atoms with van der Waals surface area (Å²) >= 11 is 1.48. The molecule has 0 spiro atoms. The number of unbranched alkanes of at least 4 members (excludes halogenated alkanes) is 1. The van der Waals surface area contributed by atoms with Crippen LogP contribution < -0.4 is 0 Å². The van der Waals surface area contributed by atoms with Crippen LogP contribution in [0.2, 0.25) is 0 Å². The van der Waals surface area contributed by atoms with Gasteiger partial charge in [-0.25, -0.2) is 19.4 Å². The van der Waals surface area contributed by atoms with Gasteiger partial charge < -0.3 is 39.6 Å². The van der Waals surface area contributed by atoms with Crippen LogP contribution in [0.5, 0.6) is 0 Å². The zero-order valence-electron chi connectivity index (χ0n) is 22.7. The smallest absolute Gasteiger partial charge is 0.340 e. The first-order valence-corrected chi connectivity index (χ1v) is 14.2. The van der Waals surface area contributed by atoms with Crippen LogP contribution in [-0.2, 0) is 38.4 Å². The monoisotopic (exact) mass is 600 g/mol. The Morgan fingerprint density at radius 1 is 1.07 bits per heavy atom. The highest BCUT2D eigenvalue weighted by atomic mass is 32.1. The predicted molar refractivity (Wildman–Crippen MR) is 150 cm³/mol. The molecule has 0 amide bonds. The minimum Gasteiger partial charge on any atom is -0.479 e. The number of aliphatic carboxylic acids is 2. The molecule has 1 aliphatic heterocycles. The number of aromatic nitrogens is 2. The normalized spacial score (nSPS) is 22.6. The molecule has 224 valence electrons. The first kappa shape index (κ1) is 31.1. The van der Waals surface area contributed by atoms with Crippen molar-refractivity contribution in [2.24, 2.45) is 0 Å². The molecule has 0 saturated carbocycles. The lowest BCUT2D eigenvalue weighted by Gasteiger charge is -2.37. The van der Waals surface area contributed by atoms with Gasteiger partial charge in [-0.1, -0.05) is 31.5 Å². The van der Waals surface area contributed by atoms with E-state index in [0.717, 1.165) is 29.1 Å². The van der Waals surface area contributed by atoms with E-state index in [9.17, 15) is 39.9 Å². The van der Waals surface area contributed by atoms with E-state index < -0.39 is 48.6 Å². The van der Waals surface area contributed by atoms with Crippen LogP contribution in [0.3, 0.4) is 0 Å². The molecule has 3 aromatic rings. The van der Waals surface area contributed by atoms with E-state index in [4.69, 9.17) is 9.47 Å². The van der Waals surface area contributed by atoms with E-state index in [1.165, 1.54) is 23.5 Å². The fourth-order valence-electron chi connectivity index (χ4n) is 4.48. The summed E-state index contributed by atoms with van der Waals surface area (Å²) in [6.07, 6.45) is -3.25. The van der Waals surface area contributed by atoms with Gasteiger partial charge in [0.05, 0.1) is 17.5 Å². The highest BCUT2D eigenvalue weighted by Gasteiger charge is 2.48. The number of hydrogen-bond acceptors (Lipinski definition) is 10. The van der Waals surface area contributed by atoms with Gasteiger partial charge in [0.1, 0.15) is 24.1 Å². The van der Waals surface area contributed by atoms with Crippen LogP contribution in [0, 0.1) is 0 Å². The van der Waals surface area contributed by atoms with Crippen LogP contribution in [0.4, 0.5) is 0 Å². The van der Waals surface area contributed by atoms with Crippen molar-refractivity contribution >= 4 is 35.3 Å². The van der Waals surface area contributed by atoms with Crippen molar-refractivity contribution in [3.63, 3.8) is 0 Å². The highest BCUT2D eigenvalue weighted by molar-refractivity contribution is 7.09. The number of carbonyl (C=O) groups excluding carboxylic acids is 1. The first-order valence-electron chi connectivity index (χ1n) is 13.3. The molecule has 0 radical (unpaired) electrons. The number of thiophene rings is 1. The number of hydrogen-bond donors (Lipinski definition) is 5. The molecular formula is C29H32N2O10S. The standard InChI is InChI=1S/C29H32N2O10S/c1-2-3-6-21-30-14-19(12-18(26(35)36)13-20-5-4-11-42-20)31(21)15-16-7-9-17(10-8-16)28(39)41-29-24(34)22(32)23(33)25(40-29)27(37)38/h4-5,7-12,14,22-25,29,32-34H,2-3,6,13,15H2,1H3,(H,35,36)(H,37,38)/b18-12+/t22-,23-,24+,25-,29-/m0/s1.